The van der Waals surface area contributed by atoms with Crippen molar-refractivity contribution in [2.24, 2.45) is 0 Å². The van der Waals surface area contributed by atoms with Crippen LogP contribution in [0.3, 0.4) is 0 Å². The van der Waals surface area contributed by atoms with Crippen molar-refractivity contribution in [1.82, 2.24) is 0 Å². The second-order valence-corrected chi connectivity index (χ2v) is 3.24. The van der Waals surface area contributed by atoms with Gasteiger partial charge >= 0.3 is 5.97 Å². The first-order chi connectivity index (χ1) is 6.37. The Morgan fingerprint density at radius 1 is 1.21 bits per heavy atom. The van der Waals surface area contributed by atoms with Crippen molar-refractivity contribution in [1.29, 1.82) is 0 Å². The average Bonchev–Trinajstić information content (AvgIpc) is 2.11. The third-order valence-corrected chi connectivity index (χ3v) is 2.33. The van der Waals surface area contributed by atoms with Crippen LogP contribution in [0.2, 0.25) is 0 Å². The second kappa shape index (κ2) is 3.58. The van der Waals surface area contributed by atoms with Crippen LogP contribution >= 0.6 is 9.24 Å². The summed E-state index contributed by atoms with van der Waals surface area (Å²) in [7, 11) is 1.74. The predicted octanol–water partition coefficient (Wildman–Crippen LogP) is 1.61. The number of benzene rings is 1. The summed E-state index contributed by atoms with van der Waals surface area (Å²) in [6.07, 6.45) is 0. The molecule has 0 spiro atoms. The van der Waals surface area contributed by atoms with E-state index < -0.39 is 39.9 Å². The Bertz CT molecular complexity index is 389. The van der Waals surface area contributed by atoms with Crippen LogP contribution in [-0.2, 0) is 0 Å². The molecule has 0 saturated carbocycles. The minimum absolute atomic E-state index is 0.478. The van der Waals surface area contributed by atoms with Gasteiger partial charge in [-0.2, -0.15) is 0 Å². The van der Waals surface area contributed by atoms with Crippen molar-refractivity contribution in [3.05, 3.63) is 28.6 Å². The summed E-state index contributed by atoms with van der Waals surface area (Å²) in [4.78, 5) is 10.5. The molecular weight excluding hydrogens is 216 g/mol. The smallest absolute Gasteiger partial charge is 0.339 e. The molecule has 14 heavy (non-hydrogen) atoms. The lowest BCUT2D eigenvalue weighted by atomic mass is 10.1. The van der Waals surface area contributed by atoms with Gasteiger partial charge in [-0.1, -0.05) is 0 Å². The number of rotatable bonds is 1. The van der Waals surface area contributed by atoms with Gasteiger partial charge in [0.2, 0.25) is 0 Å². The van der Waals surface area contributed by atoms with E-state index in [-0.39, 0.29) is 0 Å². The molecule has 76 valence electrons. The first-order valence-electron chi connectivity index (χ1n) is 3.53. The summed E-state index contributed by atoms with van der Waals surface area (Å²) in [5.41, 5.74) is -1.52. The first-order valence-corrected chi connectivity index (χ1v) is 4.11. The van der Waals surface area contributed by atoms with E-state index in [2.05, 4.69) is 0 Å². The molecule has 0 aromatic heterocycles. The van der Waals surface area contributed by atoms with Gasteiger partial charge in [0.15, 0.2) is 11.6 Å². The molecule has 0 bridgehead atoms. The zero-order valence-corrected chi connectivity index (χ0v) is 8.22. The van der Waals surface area contributed by atoms with Gasteiger partial charge in [-0.3, -0.25) is 0 Å². The van der Waals surface area contributed by atoms with Crippen molar-refractivity contribution >= 4 is 20.5 Å². The van der Waals surface area contributed by atoms with Crippen LogP contribution in [0.15, 0.2) is 0 Å². The van der Waals surface area contributed by atoms with E-state index >= 15 is 0 Å². The number of aromatic carboxylic acids is 1. The van der Waals surface area contributed by atoms with Crippen LogP contribution in [0.5, 0.6) is 0 Å². The highest BCUT2D eigenvalue weighted by molar-refractivity contribution is 7.27. The van der Waals surface area contributed by atoms with E-state index in [4.69, 9.17) is 5.11 Å². The highest BCUT2D eigenvalue weighted by atomic mass is 31.0. The van der Waals surface area contributed by atoms with Crippen molar-refractivity contribution in [2.75, 3.05) is 0 Å². The van der Waals surface area contributed by atoms with Crippen LogP contribution in [0, 0.1) is 24.4 Å². The largest absolute Gasteiger partial charge is 0.478 e. The molecule has 0 saturated heterocycles. The Morgan fingerprint density at radius 3 is 2.14 bits per heavy atom. The second-order valence-electron chi connectivity index (χ2n) is 2.66. The molecule has 0 amide bonds. The normalized spacial score (nSPS) is 10.4. The van der Waals surface area contributed by atoms with E-state index in [0.29, 0.717) is 0 Å². The molecule has 0 radical (unpaired) electrons. The predicted molar refractivity (Wildman–Crippen MR) is 47.4 cm³/mol. The van der Waals surface area contributed by atoms with Gasteiger partial charge in [0, 0.05) is 10.9 Å². The Labute approximate surface area is 79.9 Å². The minimum Gasteiger partial charge on any atom is -0.478 e. The van der Waals surface area contributed by atoms with Gasteiger partial charge in [0.1, 0.15) is 11.4 Å². The number of carboxylic acids is 1. The molecule has 1 aromatic carbocycles. The Morgan fingerprint density at radius 2 is 1.71 bits per heavy atom. The summed E-state index contributed by atoms with van der Waals surface area (Å²) in [6, 6.07) is 0. The first kappa shape index (κ1) is 11.0. The van der Waals surface area contributed by atoms with E-state index in [1.807, 2.05) is 0 Å². The molecule has 0 aliphatic heterocycles. The zero-order chi connectivity index (χ0) is 11.0. The SMILES string of the molecule is Cc1c(F)c(F)c(C(=O)O)c(P)c1F. The van der Waals surface area contributed by atoms with Gasteiger partial charge in [0.25, 0.3) is 0 Å². The number of halogens is 3. The number of hydrogen-bond donors (Lipinski definition) is 1. The number of carbonyl (C=O) groups is 1. The van der Waals surface area contributed by atoms with E-state index in [1.54, 1.807) is 9.24 Å². The van der Waals surface area contributed by atoms with Gasteiger partial charge in [0.05, 0.1) is 0 Å². The molecule has 0 aliphatic rings. The summed E-state index contributed by atoms with van der Waals surface area (Å²) < 4.78 is 39.0. The van der Waals surface area contributed by atoms with Gasteiger partial charge in [-0.05, 0) is 6.92 Å². The fourth-order valence-corrected chi connectivity index (χ4v) is 1.48. The highest BCUT2D eigenvalue weighted by Gasteiger charge is 2.24. The number of hydrogen-bond acceptors (Lipinski definition) is 1. The molecule has 1 atom stereocenters. The van der Waals surface area contributed by atoms with E-state index in [0.717, 1.165) is 6.92 Å². The van der Waals surface area contributed by atoms with Crippen molar-refractivity contribution in [2.45, 2.75) is 6.92 Å². The maximum absolute atomic E-state index is 13.1. The maximum Gasteiger partial charge on any atom is 0.339 e. The van der Waals surface area contributed by atoms with Crippen LogP contribution < -0.4 is 5.30 Å². The van der Waals surface area contributed by atoms with Crippen LogP contribution in [0.4, 0.5) is 13.2 Å². The summed E-state index contributed by atoms with van der Waals surface area (Å²) in [5, 5.41) is 8.02. The Balaban J connectivity index is 3.68. The minimum atomic E-state index is -1.70. The fraction of sp³-hybridized carbons (Fsp3) is 0.125. The zero-order valence-electron chi connectivity index (χ0n) is 7.07. The van der Waals surface area contributed by atoms with Crippen LogP contribution in [0.25, 0.3) is 0 Å². The lowest BCUT2D eigenvalue weighted by Crippen LogP contribution is -2.19. The molecule has 1 rings (SSSR count). The molecule has 1 aromatic rings. The Kier molecular flexibility index (Phi) is 2.81. The van der Waals surface area contributed by atoms with E-state index in [9.17, 15) is 18.0 Å². The van der Waals surface area contributed by atoms with Crippen molar-refractivity contribution in [3.8, 4) is 0 Å². The molecule has 6 heteroatoms. The average molecular weight is 222 g/mol. The molecule has 1 unspecified atom stereocenters. The summed E-state index contributed by atoms with van der Waals surface area (Å²) >= 11 is 0. The summed E-state index contributed by atoms with van der Waals surface area (Å²) in [6.45, 7) is 1.03. The van der Waals surface area contributed by atoms with Crippen LogP contribution in [0.1, 0.15) is 15.9 Å². The van der Waals surface area contributed by atoms with Crippen molar-refractivity contribution in [3.63, 3.8) is 0 Å². The van der Waals surface area contributed by atoms with Gasteiger partial charge in [-0.25, -0.2) is 18.0 Å². The topological polar surface area (TPSA) is 37.3 Å². The molecule has 0 aliphatic carbocycles. The lowest BCUT2D eigenvalue weighted by molar-refractivity contribution is 0.0692. The quantitative estimate of drug-likeness (QED) is 0.579. The maximum atomic E-state index is 13.1. The highest BCUT2D eigenvalue weighted by Crippen LogP contribution is 2.19. The third kappa shape index (κ3) is 1.48. The Hall–Kier alpha value is -1.09. The fourth-order valence-electron chi connectivity index (χ4n) is 1.01. The van der Waals surface area contributed by atoms with Crippen LogP contribution in [-0.4, -0.2) is 11.1 Å². The van der Waals surface area contributed by atoms with Gasteiger partial charge in [-0.15, -0.1) is 9.24 Å². The van der Waals surface area contributed by atoms with E-state index in [1.165, 1.54) is 0 Å². The van der Waals surface area contributed by atoms with Crippen molar-refractivity contribution < 1.29 is 23.1 Å². The monoisotopic (exact) mass is 222 g/mol. The standard InChI is InChI=1S/C8H6F3O2P/c1-2-4(9)6(11)3(8(12)13)7(14)5(2)10/h14H2,1H3,(H,12,13). The third-order valence-electron chi connectivity index (χ3n) is 1.79. The molecular formula is C8H6F3O2P. The molecule has 0 fully saturated rings. The number of carboxylic acid groups (broad SMARTS) is 1. The lowest BCUT2D eigenvalue weighted by Gasteiger charge is -2.07. The molecule has 0 heterocycles. The molecule has 1 N–H and O–H groups in total. The molecule has 2 nitrogen and oxygen atoms in total. The van der Waals surface area contributed by atoms with Gasteiger partial charge < -0.3 is 5.11 Å². The summed E-state index contributed by atoms with van der Waals surface area (Å²) in [5.74, 6) is -5.77.